The van der Waals surface area contributed by atoms with Crippen molar-refractivity contribution in [2.45, 2.75) is 25.8 Å². The van der Waals surface area contributed by atoms with Crippen LogP contribution in [0.15, 0.2) is 60.1 Å². The normalized spacial score (nSPS) is 15.9. The molecule has 5 rings (SSSR count). The molecule has 0 radical (unpaired) electrons. The number of halogens is 1. The van der Waals surface area contributed by atoms with Crippen molar-refractivity contribution in [2.24, 2.45) is 0 Å². The summed E-state index contributed by atoms with van der Waals surface area (Å²) < 4.78 is 2.03. The first-order valence-electron chi connectivity index (χ1n) is 9.21. The number of amides is 1. The molecule has 1 unspecified atom stereocenters. The third-order valence-corrected chi connectivity index (χ3v) is 6.37. The number of nitrogens with zero attached hydrogens (tertiary/aromatic N) is 3. The first-order valence-corrected chi connectivity index (χ1v) is 10.5. The lowest BCUT2D eigenvalue weighted by molar-refractivity contribution is -0.118. The Balaban J connectivity index is 1.44. The number of fused-ring (bicyclic) bond motifs is 2. The second kappa shape index (κ2) is 6.76. The quantitative estimate of drug-likeness (QED) is 0.466. The van der Waals surface area contributed by atoms with E-state index in [0.717, 1.165) is 34.0 Å². The maximum atomic E-state index is 13.1. The Kier molecular flexibility index (Phi) is 4.22. The van der Waals surface area contributed by atoms with Gasteiger partial charge in [-0.25, -0.2) is 4.98 Å². The summed E-state index contributed by atoms with van der Waals surface area (Å²) in [5.41, 5.74) is 5.15. The van der Waals surface area contributed by atoms with Crippen LogP contribution in [0.2, 0.25) is 5.02 Å². The molecule has 1 aliphatic heterocycles. The average molecular weight is 408 g/mol. The molecule has 0 saturated carbocycles. The third kappa shape index (κ3) is 2.91. The minimum Gasteiger partial charge on any atom is -0.309 e. The summed E-state index contributed by atoms with van der Waals surface area (Å²) in [6.45, 7) is 2.11. The molecule has 28 heavy (non-hydrogen) atoms. The molecule has 1 atom stereocenters. The first kappa shape index (κ1) is 17.5. The van der Waals surface area contributed by atoms with Crippen molar-refractivity contribution in [1.82, 2.24) is 9.38 Å². The standard InChI is InChI=1S/C22H18ClN3OS/c1-14-10-16-4-2-3-5-20(16)26(14)21(27)11-18-13-28-22-24-19(12-25(18)22)15-6-8-17(23)9-7-15/h2-9,12-14H,10-11H2,1H3. The van der Waals surface area contributed by atoms with E-state index in [1.54, 1.807) is 11.3 Å². The molecular weight excluding hydrogens is 390 g/mol. The van der Waals surface area contributed by atoms with Crippen molar-refractivity contribution < 1.29 is 4.79 Å². The van der Waals surface area contributed by atoms with E-state index in [9.17, 15) is 4.79 Å². The summed E-state index contributed by atoms with van der Waals surface area (Å²) in [5.74, 6) is 0.124. The second-order valence-corrected chi connectivity index (χ2v) is 8.41. The largest absolute Gasteiger partial charge is 0.309 e. The van der Waals surface area contributed by atoms with E-state index in [1.165, 1.54) is 5.56 Å². The lowest BCUT2D eigenvalue weighted by atomic mass is 10.1. The van der Waals surface area contributed by atoms with Crippen LogP contribution in [0, 0.1) is 0 Å². The molecule has 1 aliphatic rings. The number of thiazole rings is 1. The Morgan fingerprint density at radius 2 is 2.00 bits per heavy atom. The molecule has 0 bridgehead atoms. The van der Waals surface area contributed by atoms with Crippen LogP contribution in [0.5, 0.6) is 0 Å². The molecule has 6 heteroatoms. The van der Waals surface area contributed by atoms with Gasteiger partial charge in [0.05, 0.1) is 12.1 Å². The zero-order valence-corrected chi connectivity index (χ0v) is 16.9. The van der Waals surface area contributed by atoms with Crippen LogP contribution >= 0.6 is 22.9 Å². The average Bonchev–Trinajstić information content (AvgIpc) is 3.35. The van der Waals surface area contributed by atoms with Crippen molar-refractivity contribution >= 4 is 39.5 Å². The van der Waals surface area contributed by atoms with E-state index in [4.69, 9.17) is 16.6 Å². The van der Waals surface area contributed by atoms with E-state index in [0.29, 0.717) is 11.4 Å². The summed E-state index contributed by atoms with van der Waals surface area (Å²) in [5, 5.41) is 2.73. The topological polar surface area (TPSA) is 37.6 Å². The van der Waals surface area contributed by atoms with Gasteiger partial charge >= 0.3 is 0 Å². The summed E-state index contributed by atoms with van der Waals surface area (Å²) >= 11 is 7.54. The van der Waals surface area contributed by atoms with Gasteiger partial charge in [-0.1, -0.05) is 41.9 Å². The number of imidazole rings is 1. The van der Waals surface area contributed by atoms with Gasteiger partial charge in [0, 0.05) is 39.6 Å². The van der Waals surface area contributed by atoms with Gasteiger partial charge in [0.1, 0.15) is 0 Å². The van der Waals surface area contributed by atoms with Gasteiger partial charge in [-0.3, -0.25) is 9.20 Å². The highest BCUT2D eigenvalue weighted by Gasteiger charge is 2.30. The van der Waals surface area contributed by atoms with Gasteiger partial charge in [0.2, 0.25) is 5.91 Å². The summed E-state index contributed by atoms with van der Waals surface area (Å²) in [7, 11) is 0. The maximum absolute atomic E-state index is 13.1. The molecule has 2 aromatic carbocycles. The molecular formula is C22H18ClN3OS. The SMILES string of the molecule is CC1Cc2ccccc2N1C(=O)Cc1csc2nc(-c3ccc(Cl)cc3)cn12. The zero-order valence-electron chi connectivity index (χ0n) is 15.3. The van der Waals surface area contributed by atoms with Crippen LogP contribution in [0.25, 0.3) is 16.2 Å². The molecule has 0 aliphatic carbocycles. The van der Waals surface area contributed by atoms with E-state index in [2.05, 4.69) is 13.0 Å². The van der Waals surface area contributed by atoms with Crippen molar-refractivity contribution in [1.29, 1.82) is 0 Å². The predicted octanol–water partition coefficient (Wildman–Crippen LogP) is 5.24. The molecule has 1 amide bonds. The van der Waals surface area contributed by atoms with Gasteiger partial charge in [-0.2, -0.15) is 0 Å². The fraction of sp³-hybridized carbons (Fsp3) is 0.182. The highest BCUT2D eigenvalue weighted by Crippen LogP contribution is 2.33. The number of carbonyl (C=O) groups is 1. The molecule has 0 saturated heterocycles. The minimum absolute atomic E-state index is 0.124. The molecule has 140 valence electrons. The number of rotatable bonds is 3. The summed E-state index contributed by atoms with van der Waals surface area (Å²) in [4.78, 5) is 20.7. The van der Waals surface area contributed by atoms with Crippen LogP contribution < -0.4 is 4.90 Å². The molecule has 4 nitrogen and oxygen atoms in total. The number of carbonyl (C=O) groups excluding carboxylic acids is 1. The van der Waals surface area contributed by atoms with Crippen LogP contribution in [0.3, 0.4) is 0 Å². The van der Waals surface area contributed by atoms with E-state index >= 15 is 0 Å². The van der Waals surface area contributed by atoms with Gasteiger partial charge in [-0.05, 0) is 37.1 Å². The molecule has 0 fully saturated rings. The van der Waals surface area contributed by atoms with Crippen molar-refractivity contribution in [3.63, 3.8) is 0 Å². The molecule has 2 aromatic heterocycles. The molecule has 4 aromatic rings. The van der Waals surface area contributed by atoms with E-state index < -0.39 is 0 Å². The monoisotopic (exact) mass is 407 g/mol. The number of aromatic nitrogens is 2. The summed E-state index contributed by atoms with van der Waals surface area (Å²) in [6, 6.07) is 16.0. The van der Waals surface area contributed by atoms with Crippen LogP contribution in [-0.4, -0.2) is 21.3 Å². The second-order valence-electron chi connectivity index (χ2n) is 7.14. The van der Waals surface area contributed by atoms with E-state index in [1.807, 2.05) is 63.3 Å². The molecule has 0 N–H and O–H groups in total. The number of para-hydroxylation sites is 1. The Morgan fingerprint density at radius 3 is 2.82 bits per heavy atom. The van der Waals surface area contributed by atoms with Crippen LogP contribution in [0.4, 0.5) is 5.69 Å². The highest BCUT2D eigenvalue weighted by molar-refractivity contribution is 7.15. The third-order valence-electron chi connectivity index (χ3n) is 5.23. The number of benzene rings is 2. The van der Waals surface area contributed by atoms with Crippen molar-refractivity contribution in [3.05, 3.63) is 76.4 Å². The molecule has 0 spiro atoms. The Morgan fingerprint density at radius 1 is 1.21 bits per heavy atom. The first-order chi connectivity index (χ1) is 13.6. The zero-order chi connectivity index (χ0) is 19.3. The van der Waals surface area contributed by atoms with Gasteiger partial charge in [0.25, 0.3) is 0 Å². The fourth-order valence-corrected chi connectivity index (χ4v) is 4.90. The van der Waals surface area contributed by atoms with E-state index in [-0.39, 0.29) is 11.9 Å². The number of anilines is 1. The van der Waals surface area contributed by atoms with Crippen molar-refractivity contribution in [3.8, 4) is 11.3 Å². The van der Waals surface area contributed by atoms with Gasteiger partial charge in [-0.15, -0.1) is 11.3 Å². The van der Waals surface area contributed by atoms with Gasteiger partial charge in [0.15, 0.2) is 4.96 Å². The minimum atomic E-state index is 0.124. The van der Waals surface area contributed by atoms with Crippen molar-refractivity contribution in [2.75, 3.05) is 4.90 Å². The number of hydrogen-bond acceptors (Lipinski definition) is 3. The van der Waals surface area contributed by atoms with Crippen LogP contribution in [0.1, 0.15) is 18.2 Å². The lowest BCUT2D eigenvalue weighted by Crippen LogP contribution is -2.37. The molecule has 3 heterocycles. The maximum Gasteiger partial charge on any atom is 0.233 e. The Bertz CT molecular complexity index is 1180. The smallest absolute Gasteiger partial charge is 0.233 e. The Hall–Kier alpha value is -2.63. The number of hydrogen-bond donors (Lipinski definition) is 0. The summed E-state index contributed by atoms with van der Waals surface area (Å²) in [6.07, 6.45) is 3.26. The van der Waals surface area contributed by atoms with Gasteiger partial charge < -0.3 is 4.90 Å². The fourth-order valence-electron chi connectivity index (χ4n) is 3.90. The van der Waals surface area contributed by atoms with Crippen LogP contribution in [-0.2, 0) is 17.6 Å². The Labute approximate surface area is 172 Å². The predicted molar refractivity (Wildman–Crippen MR) is 114 cm³/mol. The lowest BCUT2D eigenvalue weighted by Gasteiger charge is -2.22. The highest BCUT2D eigenvalue weighted by atomic mass is 35.5.